The van der Waals surface area contributed by atoms with Gasteiger partial charge in [-0.1, -0.05) is 19.9 Å². The van der Waals surface area contributed by atoms with E-state index in [4.69, 9.17) is 0 Å². The number of aromatic hydroxyl groups is 1. The maximum Gasteiger partial charge on any atom is 0.326 e. The Morgan fingerprint density at radius 2 is 1.73 bits per heavy atom. The van der Waals surface area contributed by atoms with Gasteiger partial charge in [-0.15, -0.1) is 0 Å². The first-order chi connectivity index (χ1) is 18.8. The van der Waals surface area contributed by atoms with E-state index in [1.807, 2.05) is 26.0 Å². The molecule has 2 atom stereocenters. The molecule has 0 radical (unpaired) electrons. The molecule has 0 aromatic heterocycles. The summed E-state index contributed by atoms with van der Waals surface area (Å²) in [5.74, 6) is -1.09. The van der Waals surface area contributed by atoms with Crippen molar-refractivity contribution in [1.82, 2.24) is 10.6 Å². The fourth-order valence-corrected chi connectivity index (χ4v) is 5.30. The van der Waals surface area contributed by atoms with Gasteiger partial charge in [-0.25, -0.2) is 13.2 Å². The van der Waals surface area contributed by atoms with Gasteiger partial charge in [0.1, 0.15) is 11.8 Å². The van der Waals surface area contributed by atoms with Gasteiger partial charge in [0.15, 0.2) is 0 Å². The topological polar surface area (TPSA) is 168 Å². The van der Waals surface area contributed by atoms with Gasteiger partial charge in [0.05, 0.1) is 18.0 Å². The number of carboxylic acid groups (broad SMARTS) is 1. The fourth-order valence-electron chi connectivity index (χ4n) is 4.74. The molecule has 0 saturated carbocycles. The SMILES string of the molecule is CC(C)C[C@H](NC(=O)c1ccc(N2CCC(CNC[C@H](O)c3ccc(O)c(NS(C)(=O)=O)c3)CC2)cc1)C(=O)O. The van der Waals surface area contributed by atoms with Crippen molar-refractivity contribution in [3.8, 4) is 5.75 Å². The molecule has 0 bridgehead atoms. The summed E-state index contributed by atoms with van der Waals surface area (Å²) in [6.07, 6.45) is 2.38. The van der Waals surface area contributed by atoms with Crippen molar-refractivity contribution in [3.05, 3.63) is 53.6 Å². The molecule has 40 heavy (non-hydrogen) atoms. The Labute approximate surface area is 235 Å². The number of carbonyl (C=O) groups excluding carboxylic acids is 1. The van der Waals surface area contributed by atoms with Crippen molar-refractivity contribution in [3.63, 3.8) is 0 Å². The Morgan fingerprint density at radius 1 is 1.07 bits per heavy atom. The monoisotopic (exact) mass is 576 g/mol. The Kier molecular flexibility index (Phi) is 10.8. The smallest absolute Gasteiger partial charge is 0.326 e. The number of aliphatic hydroxyl groups is 1. The summed E-state index contributed by atoms with van der Waals surface area (Å²) in [5.41, 5.74) is 1.93. The summed E-state index contributed by atoms with van der Waals surface area (Å²) in [5, 5.41) is 35.7. The van der Waals surface area contributed by atoms with Crippen molar-refractivity contribution < 1.29 is 33.3 Å². The highest BCUT2D eigenvalue weighted by molar-refractivity contribution is 7.92. The van der Waals surface area contributed by atoms with Crippen LogP contribution >= 0.6 is 0 Å². The Bertz CT molecular complexity index is 1260. The molecule has 220 valence electrons. The first-order valence-corrected chi connectivity index (χ1v) is 15.3. The van der Waals surface area contributed by atoms with E-state index in [1.165, 1.54) is 12.1 Å². The third-order valence-corrected chi connectivity index (χ3v) is 7.48. The molecule has 3 rings (SSSR count). The quantitative estimate of drug-likeness (QED) is 0.196. The first kappa shape index (κ1) is 31.2. The molecule has 1 amide bonds. The number of nitrogens with one attached hydrogen (secondary N) is 3. The lowest BCUT2D eigenvalue weighted by atomic mass is 9.96. The van der Waals surface area contributed by atoms with Crippen LogP contribution in [0, 0.1) is 11.8 Å². The van der Waals surface area contributed by atoms with Gasteiger partial charge in [0, 0.05) is 30.9 Å². The third kappa shape index (κ3) is 9.39. The minimum Gasteiger partial charge on any atom is -0.506 e. The van der Waals surface area contributed by atoms with E-state index < -0.39 is 34.0 Å². The summed E-state index contributed by atoms with van der Waals surface area (Å²) in [7, 11) is -3.56. The highest BCUT2D eigenvalue weighted by Crippen LogP contribution is 2.28. The first-order valence-electron chi connectivity index (χ1n) is 13.4. The molecule has 0 aliphatic carbocycles. The standard InChI is InChI=1S/C28H40N4O7S/c1-18(2)14-24(28(36)37)30-27(35)20-4-7-22(8-5-20)32-12-10-19(11-13-32)16-29-17-26(34)21-6-9-25(33)23(15-21)31-40(3,38)39/h4-9,15,18-19,24,26,29,31,33-34H,10-14,16-17H2,1-3H3,(H,30,35)(H,36,37)/t24-,26-/m0/s1. The Morgan fingerprint density at radius 3 is 2.30 bits per heavy atom. The zero-order chi connectivity index (χ0) is 29.4. The molecule has 2 aromatic carbocycles. The lowest BCUT2D eigenvalue weighted by Gasteiger charge is -2.34. The van der Waals surface area contributed by atoms with Crippen LogP contribution in [0.2, 0.25) is 0 Å². The number of aliphatic hydroxyl groups excluding tert-OH is 1. The largest absolute Gasteiger partial charge is 0.506 e. The second-order valence-electron chi connectivity index (χ2n) is 10.8. The maximum atomic E-state index is 12.5. The number of phenolic OH excluding ortho intramolecular Hbond substituents is 1. The molecular formula is C28H40N4O7S. The zero-order valence-corrected chi connectivity index (χ0v) is 23.9. The summed E-state index contributed by atoms with van der Waals surface area (Å²) >= 11 is 0. The van der Waals surface area contributed by atoms with Crippen LogP contribution in [0.15, 0.2) is 42.5 Å². The van der Waals surface area contributed by atoms with E-state index >= 15 is 0 Å². The average molecular weight is 577 g/mol. The molecule has 6 N–H and O–H groups in total. The van der Waals surface area contributed by atoms with Gasteiger partial charge in [-0.05, 0) is 79.6 Å². The van der Waals surface area contributed by atoms with Gasteiger partial charge in [-0.2, -0.15) is 0 Å². The lowest BCUT2D eigenvalue weighted by Crippen LogP contribution is -2.41. The van der Waals surface area contributed by atoms with Crippen molar-refractivity contribution in [1.29, 1.82) is 0 Å². The molecule has 1 fully saturated rings. The number of hydrogen-bond acceptors (Lipinski definition) is 8. The zero-order valence-electron chi connectivity index (χ0n) is 23.1. The van der Waals surface area contributed by atoms with Crippen LogP contribution in [0.5, 0.6) is 5.75 Å². The third-order valence-electron chi connectivity index (χ3n) is 6.89. The van der Waals surface area contributed by atoms with Gasteiger partial charge in [-0.3, -0.25) is 9.52 Å². The van der Waals surface area contributed by atoms with Crippen LogP contribution in [0.4, 0.5) is 11.4 Å². The van der Waals surface area contributed by atoms with Crippen molar-refractivity contribution in [2.75, 3.05) is 42.1 Å². The Balaban J connectivity index is 1.44. The summed E-state index contributed by atoms with van der Waals surface area (Å²) in [6.45, 7) is 6.51. The number of carboxylic acids is 1. The minimum atomic E-state index is -3.56. The van der Waals surface area contributed by atoms with Gasteiger partial charge < -0.3 is 30.9 Å². The molecule has 1 heterocycles. The number of carbonyl (C=O) groups is 2. The predicted octanol–water partition coefficient (Wildman–Crippen LogP) is 2.53. The highest BCUT2D eigenvalue weighted by atomic mass is 32.2. The average Bonchev–Trinajstić information content (AvgIpc) is 2.89. The molecule has 1 aliphatic rings. The van der Waals surface area contributed by atoms with Crippen LogP contribution in [0.3, 0.4) is 0 Å². The number of nitrogens with zero attached hydrogens (tertiary/aromatic N) is 1. The van der Waals surface area contributed by atoms with Crippen molar-refractivity contribution in [2.24, 2.45) is 11.8 Å². The second kappa shape index (κ2) is 13.8. The normalized spacial score (nSPS) is 16.0. The van der Waals surface area contributed by atoms with E-state index in [1.54, 1.807) is 18.2 Å². The number of amides is 1. The lowest BCUT2D eigenvalue weighted by molar-refractivity contribution is -0.139. The van der Waals surface area contributed by atoms with Crippen LogP contribution in [-0.4, -0.2) is 74.1 Å². The molecule has 12 heteroatoms. The summed E-state index contributed by atoms with van der Waals surface area (Å²) in [6, 6.07) is 10.6. The van der Waals surface area contributed by atoms with Crippen LogP contribution in [0.1, 0.15) is 55.1 Å². The summed E-state index contributed by atoms with van der Waals surface area (Å²) in [4.78, 5) is 26.2. The van der Waals surface area contributed by atoms with Crippen LogP contribution < -0.4 is 20.3 Å². The van der Waals surface area contributed by atoms with Gasteiger partial charge in [0.2, 0.25) is 10.0 Å². The van der Waals surface area contributed by atoms with Crippen molar-refractivity contribution >= 4 is 33.3 Å². The number of aliphatic carboxylic acids is 1. The summed E-state index contributed by atoms with van der Waals surface area (Å²) < 4.78 is 25.2. The minimum absolute atomic E-state index is 0.0238. The van der Waals surface area contributed by atoms with Crippen molar-refractivity contribution in [2.45, 2.75) is 45.3 Å². The fraction of sp³-hybridized carbons (Fsp3) is 0.500. The molecular weight excluding hydrogens is 536 g/mol. The van der Waals surface area contributed by atoms with E-state index in [0.717, 1.165) is 44.4 Å². The molecule has 0 spiro atoms. The number of hydrogen-bond donors (Lipinski definition) is 6. The van der Waals surface area contributed by atoms with Gasteiger partial charge >= 0.3 is 5.97 Å². The molecule has 1 saturated heterocycles. The van der Waals surface area contributed by atoms with Gasteiger partial charge in [0.25, 0.3) is 5.91 Å². The molecule has 0 unspecified atom stereocenters. The number of benzene rings is 2. The highest BCUT2D eigenvalue weighted by Gasteiger charge is 2.23. The number of anilines is 2. The molecule has 11 nitrogen and oxygen atoms in total. The van der Waals surface area contributed by atoms with Crippen LogP contribution in [-0.2, 0) is 14.8 Å². The van der Waals surface area contributed by atoms with E-state index in [9.17, 15) is 33.3 Å². The number of sulfonamides is 1. The predicted molar refractivity (Wildman–Crippen MR) is 154 cm³/mol. The second-order valence-corrected chi connectivity index (χ2v) is 12.5. The molecule has 2 aromatic rings. The number of rotatable bonds is 13. The van der Waals surface area contributed by atoms with E-state index in [2.05, 4.69) is 20.3 Å². The van der Waals surface area contributed by atoms with E-state index in [-0.39, 0.29) is 23.9 Å². The van der Waals surface area contributed by atoms with Crippen LogP contribution in [0.25, 0.3) is 0 Å². The molecule has 1 aliphatic heterocycles. The number of phenols is 1. The Hall–Kier alpha value is -3.35. The maximum absolute atomic E-state index is 12.5. The van der Waals surface area contributed by atoms with E-state index in [0.29, 0.717) is 23.5 Å². The number of piperidine rings is 1.